The van der Waals surface area contributed by atoms with E-state index >= 15 is 0 Å². The molecule has 2 amide bonds. The van der Waals surface area contributed by atoms with E-state index in [4.69, 9.17) is 0 Å². The minimum Gasteiger partial charge on any atom is -0.331 e. The predicted octanol–water partition coefficient (Wildman–Crippen LogP) is 3.65. The van der Waals surface area contributed by atoms with E-state index in [1.807, 2.05) is 54.3 Å². The summed E-state index contributed by atoms with van der Waals surface area (Å²) in [7, 11) is 0. The molecular formula is C22H23N3O2. The van der Waals surface area contributed by atoms with Crippen LogP contribution >= 0.6 is 0 Å². The van der Waals surface area contributed by atoms with Gasteiger partial charge in [0.25, 0.3) is 5.91 Å². The van der Waals surface area contributed by atoms with Gasteiger partial charge >= 0.3 is 0 Å². The number of hydrogen-bond donors (Lipinski definition) is 0. The van der Waals surface area contributed by atoms with Crippen LogP contribution in [0.5, 0.6) is 0 Å². The summed E-state index contributed by atoms with van der Waals surface area (Å²) in [6, 6.07) is 13.4. The minimum absolute atomic E-state index is 0.0622. The molecule has 1 aliphatic carbocycles. The fraction of sp³-hybridized carbons (Fsp3) is 0.318. The van der Waals surface area contributed by atoms with Crippen LogP contribution in [0.3, 0.4) is 0 Å². The van der Waals surface area contributed by atoms with E-state index in [0.29, 0.717) is 17.8 Å². The van der Waals surface area contributed by atoms with Gasteiger partial charge < -0.3 is 9.80 Å². The molecule has 138 valence electrons. The highest BCUT2D eigenvalue weighted by Gasteiger charge is 2.37. The summed E-state index contributed by atoms with van der Waals surface area (Å²) in [6.07, 6.45) is 4.10. The molecule has 0 bridgehead atoms. The van der Waals surface area contributed by atoms with Gasteiger partial charge in [0.05, 0.1) is 11.7 Å². The van der Waals surface area contributed by atoms with E-state index in [-0.39, 0.29) is 30.3 Å². The van der Waals surface area contributed by atoms with Gasteiger partial charge in [-0.05, 0) is 38.0 Å². The van der Waals surface area contributed by atoms with Crippen LogP contribution in [-0.2, 0) is 4.79 Å². The Labute approximate surface area is 159 Å². The molecule has 0 saturated heterocycles. The highest BCUT2D eigenvalue weighted by atomic mass is 16.2. The maximum Gasteiger partial charge on any atom is 0.258 e. The molecule has 1 aromatic carbocycles. The third kappa shape index (κ3) is 3.25. The normalized spacial score (nSPS) is 17.0. The molecule has 5 heteroatoms. The molecule has 5 nitrogen and oxygen atoms in total. The lowest BCUT2D eigenvalue weighted by molar-refractivity contribution is -0.134. The van der Waals surface area contributed by atoms with Crippen LogP contribution in [0.1, 0.15) is 53.8 Å². The van der Waals surface area contributed by atoms with Crippen molar-refractivity contribution in [3.63, 3.8) is 0 Å². The number of hydrogen-bond acceptors (Lipinski definition) is 3. The Morgan fingerprint density at radius 3 is 2.56 bits per heavy atom. The Morgan fingerprint density at radius 1 is 1.22 bits per heavy atom. The van der Waals surface area contributed by atoms with Gasteiger partial charge in [-0.2, -0.15) is 0 Å². The first kappa shape index (κ1) is 17.5. The van der Waals surface area contributed by atoms with Crippen LogP contribution in [0.25, 0.3) is 5.70 Å². The van der Waals surface area contributed by atoms with E-state index in [1.165, 1.54) is 0 Å². The topological polar surface area (TPSA) is 53.5 Å². The number of carbonyl (C=O) groups excluding carboxylic acids is 2. The molecule has 0 radical (unpaired) electrons. The first-order chi connectivity index (χ1) is 13.1. The Hall–Kier alpha value is -2.95. The first-order valence-electron chi connectivity index (χ1n) is 9.40. The van der Waals surface area contributed by atoms with Crippen molar-refractivity contribution in [2.45, 2.75) is 38.3 Å². The van der Waals surface area contributed by atoms with E-state index in [1.54, 1.807) is 11.1 Å². The van der Waals surface area contributed by atoms with Crippen molar-refractivity contribution in [3.8, 4) is 0 Å². The minimum atomic E-state index is -0.0702. The number of rotatable bonds is 6. The molecule has 1 saturated carbocycles. The number of nitrogens with zero attached hydrogens (tertiary/aromatic N) is 3. The van der Waals surface area contributed by atoms with Crippen molar-refractivity contribution in [3.05, 3.63) is 72.1 Å². The van der Waals surface area contributed by atoms with E-state index in [9.17, 15) is 9.59 Å². The Bertz CT molecular complexity index is 854. The number of carbonyl (C=O) groups is 2. The average Bonchev–Trinajstić information content (AvgIpc) is 3.49. The molecule has 0 spiro atoms. The number of pyridine rings is 1. The molecule has 0 N–H and O–H groups in total. The summed E-state index contributed by atoms with van der Waals surface area (Å²) < 4.78 is 0. The average molecular weight is 361 g/mol. The number of amides is 2. The fourth-order valence-corrected chi connectivity index (χ4v) is 3.76. The van der Waals surface area contributed by atoms with Crippen LogP contribution in [-0.4, -0.2) is 39.2 Å². The molecular weight excluding hydrogens is 338 g/mol. The zero-order chi connectivity index (χ0) is 19.0. The summed E-state index contributed by atoms with van der Waals surface area (Å²) in [5, 5.41) is 0. The molecule has 1 aromatic heterocycles. The van der Waals surface area contributed by atoms with Crippen molar-refractivity contribution in [1.82, 2.24) is 14.8 Å². The molecule has 27 heavy (non-hydrogen) atoms. The van der Waals surface area contributed by atoms with Gasteiger partial charge in [-0.25, -0.2) is 0 Å². The predicted molar refractivity (Wildman–Crippen MR) is 104 cm³/mol. The van der Waals surface area contributed by atoms with Gasteiger partial charge in [0.2, 0.25) is 5.91 Å². The van der Waals surface area contributed by atoms with E-state index in [0.717, 1.165) is 24.1 Å². The molecule has 4 rings (SSSR count). The SMILES string of the molecule is C=C1c2ccccc2C(=O)N1CCC(=O)N(C1CC1)C(C)c1ccccn1. The van der Waals surface area contributed by atoms with Gasteiger partial charge in [0.1, 0.15) is 0 Å². The summed E-state index contributed by atoms with van der Waals surface area (Å²) in [5.74, 6) is -0.00800. The lowest BCUT2D eigenvalue weighted by Crippen LogP contribution is -2.38. The molecule has 1 unspecified atom stereocenters. The molecule has 2 aliphatic rings. The highest BCUT2D eigenvalue weighted by Crippen LogP contribution is 2.35. The van der Waals surface area contributed by atoms with Gasteiger partial charge in [-0.1, -0.05) is 30.8 Å². The number of benzene rings is 1. The Balaban J connectivity index is 1.45. The lowest BCUT2D eigenvalue weighted by Gasteiger charge is -2.30. The Kier molecular flexibility index (Phi) is 4.52. The highest BCUT2D eigenvalue weighted by molar-refractivity contribution is 6.08. The second-order valence-electron chi connectivity index (χ2n) is 7.16. The summed E-state index contributed by atoms with van der Waals surface area (Å²) in [6.45, 7) is 6.42. The van der Waals surface area contributed by atoms with Crippen molar-refractivity contribution >= 4 is 17.5 Å². The van der Waals surface area contributed by atoms with E-state index < -0.39 is 0 Å². The van der Waals surface area contributed by atoms with Crippen LogP contribution in [0.2, 0.25) is 0 Å². The summed E-state index contributed by atoms with van der Waals surface area (Å²) >= 11 is 0. The third-order valence-corrected chi connectivity index (χ3v) is 5.35. The Morgan fingerprint density at radius 2 is 1.93 bits per heavy atom. The standard InChI is InChI=1S/C22H23N3O2/c1-15-18-7-3-4-8-19(18)22(27)24(15)14-12-21(26)25(17-10-11-17)16(2)20-9-5-6-13-23-20/h3-9,13,16-17H,1,10-12,14H2,2H3. The van der Waals surface area contributed by atoms with Crippen molar-refractivity contribution < 1.29 is 9.59 Å². The lowest BCUT2D eigenvalue weighted by atomic mass is 10.1. The maximum atomic E-state index is 13.0. The molecule has 1 atom stereocenters. The monoisotopic (exact) mass is 361 g/mol. The molecule has 2 aromatic rings. The smallest absolute Gasteiger partial charge is 0.258 e. The van der Waals surface area contributed by atoms with Crippen molar-refractivity contribution in [2.75, 3.05) is 6.54 Å². The molecule has 1 fully saturated rings. The van der Waals surface area contributed by atoms with Crippen LogP contribution in [0.4, 0.5) is 0 Å². The number of fused-ring (bicyclic) bond motifs is 1. The zero-order valence-electron chi connectivity index (χ0n) is 15.5. The second kappa shape index (κ2) is 6.99. The van der Waals surface area contributed by atoms with Crippen molar-refractivity contribution in [2.24, 2.45) is 0 Å². The van der Waals surface area contributed by atoms with Gasteiger partial charge in [-0.15, -0.1) is 0 Å². The van der Waals surface area contributed by atoms with Crippen LogP contribution < -0.4 is 0 Å². The van der Waals surface area contributed by atoms with Gasteiger partial charge in [-0.3, -0.25) is 14.6 Å². The summed E-state index contributed by atoms with van der Waals surface area (Å²) in [5.41, 5.74) is 3.10. The summed E-state index contributed by atoms with van der Waals surface area (Å²) in [4.78, 5) is 33.6. The largest absolute Gasteiger partial charge is 0.331 e. The second-order valence-corrected chi connectivity index (χ2v) is 7.16. The zero-order valence-corrected chi connectivity index (χ0v) is 15.5. The quantitative estimate of drug-likeness (QED) is 0.789. The first-order valence-corrected chi connectivity index (χ1v) is 9.40. The third-order valence-electron chi connectivity index (χ3n) is 5.35. The van der Waals surface area contributed by atoms with Gasteiger partial charge in [0, 0.05) is 42.0 Å². The maximum absolute atomic E-state index is 13.0. The number of aromatic nitrogens is 1. The van der Waals surface area contributed by atoms with Crippen LogP contribution in [0.15, 0.2) is 55.2 Å². The van der Waals surface area contributed by atoms with Crippen LogP contribution in [0, 0.1) is 0 Å². The fourth-order valence-electron chi connectivity index (χ4n) is 3.76. The van der Waals surface area contributed by atoms with E-state index in [2.05, 4.69) is 11.6 Å². The molecule has 2 heterocycles. The van der Waals surface area contributed by atoms with Gasteiger partial charge in [0.15, 0.2) is 0 Å². The molecule has 1 aliphatic heterocycles. The van der Waals surface area contributed by atoms with Crippen molar-refractivity contribution in [1.29, 1.82) is 0 Å².